The van der Waals surface area contributed by atoms with Crippen LogP contribution < -0.4 is 4.90 Å². The maximum atomic E-state index is 9.56. The summed E-state index contributed by atoms with van der Waals surface area (Å²) in [6.45, 7) is 5.47. The largest absolute Gasteiger partial charge is 0.372 e. The summed E-state index contributed by atoms with van der Waals surface area (Å²) < 4.78 is 0. The lowest BCUT2D eigenvalue weighted by molar-refractivity contribution is 0.369. The number of anilines is 1. The van der Waals surface area contributed by atoms with Crippen LogP contribution in [-0.2, 0) is 0 Å². The highest BCUT2D eigenvalue weighted by molar-refractivity contribution is 7.80. The number of allylic oxidation sites excluding steroid dienone is 1. The van der Waals surface area contributed by atoms with Crippen molar-refractivity contribution in [2.24, 2.45) is 4.99 Å². The number of hydrogen-bond acceptors (Lipinski definition) is 4. The second-order valence-electron chi connectivity index (χ2n) is 6.39. The Morgan fingerprint density at radius 3 is 2.73 bits per heavy atom. The molecule has 1 aromatic carbocycles. The first-order valence-electron chi connectivity index (χ1n) is 8.53. The Bertz CT molecular complexity index is 751. The second-order valence-corrected chi connectivity index (χ2v) is 7.22. The number of thiocarbonyl (C=S) groups is 1. The van der Waals surface area contributed by atoms with E-state index in [0.717, 1.165) is 49.0 Å². The van der Waals surface area contributed by atoms with Crippen LogP contribution in [0.3, 0.4) is 0 Å². The molecule has 0 radical (unpaired) electrons. The van der Waals surface area contributed by atoms with Crippen molar-refractivity contribution < 1.29 is 0 Å². The third kappa shape index (κ3) is 5.45. The van der Waals surface area contributed by atoms with Crippen LogP contribution in [0.25, 0.3) is 0 Å². The molecule has 1 aliphatic heterocycles. The van der Waals surface area contributed by atoms with Crippen molar-refractivity contribution in [1.29, 1.82) is 5.26 Å². The van der Waals surface area contributed by atoms with Crippen molar-refractivity contribution in [3.05, 3.63) is 40.6 Å². The van der Waals surface area contributed by atoms with E-state index < -0.39 is 0 Å². The highest BCUT2D eigenvalue weighted by Crippen LogP contribution is 2.22. The van der Waals surface area contributed by atoms with Crippen molar-refractivity contribution >= 4 is 40.8 Å². The van der Waals surface area contributed by atoms with Crippen LogP contribution in [0.4, 0.5) is 5.69 Å². The molecule has 0 saturated carbocycles. The maximum absolute atomic E-state index is 9.56. The number of nitrogens with zero attached hydrogens (tertiary/aromatic N) is 5. The van der Waals surface area contributed by atoms with E-state index in [1.54, 1.807) is 11.2 Å². The van der Waals surface area contributed by atoms with Gasteiger partial charge in [-0.3, -0.25) is 0 Å². The van der Waals surface area contributed by atoms with E-state index in [9.17, 15) is 5.26 Å². The van der Waals surface area contributed by atoms with E-state index in [1.165, 1.54) is 0 Å². The van der Waals surface area contributed by atoms with Gasteiger partial charge in [0.25, 0.3) is 0 Å². The monoisotopic (exact) mass is 389 g/mol. The predicted molar refractivity (Wildman–Crippen MR) is 113 cm³/mol. The van der Waals surface area contributed by atoms with Crippen LogP contribution in [0.1, 0.15) is 13.3 Å². The molecular formula is C19H24ClN5S. The van der Waals surface area contributed by atoms with Gasteiger partial charge in [0.2, 0.25) is 0 Å². The smallest absolute Gasteiger partial charge is 0.147 e. The third-order valence-corrected chi connectivity index (χ3v) is 4.78. The summed E-state index contributed by atoms with van der Waals surface area (Å²) in [5, 5.41) is 10.3. The number of rotatable bonds is 4. The van der Waals surface area contributed by atoms with E-state index in [4.69, 9.17) is 23.8 Å². The van der Waals surface area contributed by atoms with Crippen molar-refractivity contribution in [3.8, 4) is 6.07 Å². The molecule has 0 amide bonds. The van der Waals surface area contributed by atoms with Crippen molar-refractivity contribution in [3.63, 3.8) is 0 Å². The van der Waals surface area contributed by atoms with Crippen molar-refractivity contribution in [2.75, 3.05) is 45.2 Å². The Morgan fingerprint density at radius 1 is 1.31 bits per heavy atom. The molecule has 1 aliphatic rings. The van der Waals surface area contributed by atoms with Gasteiger partial charge in [0.15, 0.2) is 0 Å². The predicted octanol–water partition coefficient (Wildman–Crippen LogP) is 3.57. The fraction of sp³-hybridized carbons (Fsp3) is 0.421. The Labute approximate surface area is 166 Å². The Kier molecular flexibility index (Phi) is 7.43. The zero-order valence-electron chi connectivity index (χ0n) is 15.4. The molecule has 1 saturated heterocycles. The van der Waals surface area contributed by atoms with Gasteiger partial charge in [-0.05, 0) is 31.5 Å². The molecule has 0 unspecified atom stereocenters. The van der Waals surface area contributed by atoms with E-state index in [-0.39, 0.29) is 0 Å². The third-order valence-electron chi connectivity index (χ3n) is 4.24. The van der Waals surface area contributed by atoms with Gasteiger partial charge in [0.1, 0.15) is 16.6 Å². The molecule has 0 spiro atoms. The highest BCUT2D eigenvalue weighted by atomic mass is 35.5. The first-order chi connectivity index (χ1) is 12.4. The molecule has 1 fully saturated rings. The number of aliphatic imine (C=N–C) groups is 1. The Balaban J connectivity index is 2.13. The van der Waals surface area contributed by atoms with Crippen LogP contribution in [-0.4, -0.2) is 61.4 Å². The van der Waals surface area contributed by atoms with Gasteiger partial charge in [-0.1, -0.05) is 29.9 Å². The van der Waals surface area contributed by atoms with Crippen LogP contribution in [0.2, 0.25) is 5.02 Å². The summed E-state index contributed by atoms with van der Waals surface area (Å²) in [6, 6.07) is 10.2. The van der Waals surface area contributed by atoms with Gasteiger partial charge in [-0.15, -0.1) is 0 Å². The molecule has 0 aromatic heterocycles. The lowest BCUT2D eigenvalue weighted by Crippen LogP contribution is -2.30. The molecule has 7 heteroatoms. The first-order valence-corrected chi connectivity index (χ1v) is 9.32. The van der Waals surface area contributed by atoms with Gasteiger partial charge in [-0.2, -0.15) is 5.26 Å². The SMILES string of the molecule is C/C(=C(\C#N)C(=S)/N=C/N(C)C)N1CCCN(c2cccc(Cl)c2)CC1. The topological polar surface area (TPSA) is 45.9 Å². The fourth-order valence-electron chi connectivity index (χ4n) is 2.86. The number of nitriles is 1. The molecule has 2 rings (SSSR count). The summed E-state index contributed by atoms with van der Waals surface area (Å²) in [7, 11) is 3.74. The lowest BCUT2D eigenvalue weighted by Gasteiger charge is -2.26. The van der Waals surface area contributed by atoms with E-state index in [0.29, 0.717) is 10.6 Å². The highest BCUT2D eigenvalue weighted by Gasteiger charge is 2.19. The molecule has 1 aromatic rings. The molecule has 0 N–H and O–H groups in total. The molecular weight excluding hydrogens is 366 g/mol. The summed E-state index contributed by atoms with van der Waals surface area (Å²) in [5.74, 6) is 0. The first kappa shape index (κ1) is 20.2. The molecule has 0 bridgehead atoms. The Morgan fingerprint density at radius 2 is 2.08 bits per heavy atom. The fourth-order valence-corrected chi connectivity index (χ4v) is 3.28. The van der Waals surface area contributed by atoms with Crippen LogP contribution in [0.5, 0.6) is 0 Å². The average molecular weight is 390 g/mol. The standard InChI is InChI=1S/C19H24ClN5S/c1-15(18(13-21)19(26)22-14-23(2)3)24-8-5-9-25(11-10-24)17-7-4-6-16(20)12-17/h4,6-7,12,14H,5,8-11H2,1-3H3/b18-15-,22-14+. The second kappa shape index (κ2) is 9.56. The van der Waals surface area contributed by atoms with Crippen LogP contribution in [0.15, 0.2) is 40.5 Å². The molecule has 0 aliphatic carbocycles. The zero-order chi connectivity index (χ0) is 19.1. The van der Waals surface area contributed by atoms with Crippen LogP contribution >= 0.6 is 23.8 Å². The van der Waals surface area contributed by atoms with Gasteiger partial charge >= 0.3 is 0 Å². The minimum absolute atomic E-state index is 0.328. The quantitative estimate of drug-likeness (QED) is 0.259. The van der Waals surface area contributed by atoms with E-state index >= 15 is 0 Å². The summed E-state index contributed by atoms with van der Waals surface area (Å²) in [5.41, 5.74) is 2.49. The zero-order valence-corrected chi connectivity index (χ0v) is 17.0. The van der Waals surface area contributed by atoms with Crippen molar-refractivity contribution in [1.82, 2.24) is 9.80 Å². The van der Waals surface area contributed by atoms with Crippen molar-refractivity contribution in [2.45, 2.75) is 13.3 Å². The van der Waals surface area contributed by atoms with E-state index in [2.05, 4.69) is 26.9 Å². The molecule has 26 heavy (non-hydrogen) atoms. The van der Waals surface area contributed by atoms with E-state index in [1.807, 2.05) is 39.2 Å². The normalized spacial score (nSPS) is 16.1. The molecule has 5 nitrogen and oxygen atoms in total. The van der Waals surface area contributed by atoms with Gasteiger partial charge < -0.3 is 14.7 Å². The molecule has 138 valence electrons. The van der Waals surface area contributed by atoms with Crippen LogP contribution in [0, 0.1) is 11.3 Å². The Hall–Kier alpha value is -2.10. The minimum atomic E-state index is 0.328. The van der Waals surface area contributed by atoms with Gasteiger partial charge in [0, 0.05) is 56.7 Å². The number of benzene rings is 1. The molecule has 0 atom stereocenters. The average Bonchev–Trinajstić information content (AvgIpc) is 2.86. The minimum Gasteiger partial charge on any atom is -0.372 e. The summed E-state index contributed by atoms with van der Waals surface area (Å²) >= 11 is 11.4. The number of hydrogen-bond donors (Lipinski definition) is 0. The maximum Gasteiger partial charge on any atom is 0.147 e. The van der Waals surface area contributed by atoms with Gasteiger partial charge in [0.05, 0.1) is 6.34 Å². The lowest BCUT2D eigenvalue weighted by atomic mass is 10.2. The molecule has 1 heterocycles. The summed E-state index contributed by atoms with van der Waals surface area (Å²) in [6.07, 6.45) is 2.62. The number of halogens is 1. The summed E-state index contributed by atoms with van der Waals surface area (Å²) in [4.78, 5) is 10.9. The van der Waals surface area contributed by atoms with Gasteiger partial charge in [-0.25, -0.2) is 4.99 Å².